The van der Waals surface area contributed by atoms with Gasteiger partial charge in [0, 0.05) is 30.9 Å². The zero-order valence-corrected chi connectivity index (χ0v) is 18.7. The maximum absolute atomic E-state index is 13.5. The topological polar surface area (TPSA) is 91.5 Å². The predicted octanol–water partition coefficient (Wildman–Crippen LogP) is 3.81. The quantitative estimate of drug-likeness (QED) is 0.767. The molecule has 9 heteroatoms. The molecular formula is C21H28ClN5O3. The van der Waals surface area contributed by atoms with Gasteiger partial charge in [0.15, 0.2) is 5.84 Å². The molecule has 0 radical (unpaired) electrons. The molecule has 3 amide bonds. The van der Waals surface area contributed by atoms with Gasteiger partial charge in [-0.25, -0.2) is 9.59 Å². The lowest BCUT2D eigenvalue weighted by atomic mass is 10.2. The van der Waals surface area contributed by atoms with Crippen LogP contribution in [0.2, 0.25) is 5.02 Å². The van der Waals surface area contributed by atoms with Crippen LogP contribution in [0.3, 0.4) is 0 Å². The molecule has 2 N–H and O–H groups in total. The van der Waals surface area contributed by atoms with Crippen LogP contribution in [0, 0.1) is 0 Å². The Morgan fingerprint density at radius 3 is 2.43 bits per heavy atom. The Labute approximate surface area is 181 Å². The molecule has 1 aromatic rings. The fourth-order valence-corrected chi connectivity index (χ4v) is 3.80. The van der Waals surface area contributed by atoms with E-state index in [4.69, 9.17) is 22.1 Å². The molecule has 0 saturated carbocycles. The van der Waals surface area contributed by atoms with Crippen LogP contribution in [0.15, 0.2) is 40.7 Å². The molecular weight excluding hydrogens is 406 g/mol. The number of halogens is 1. The number of rotatable bonds is 2. The highest BCUT2D eigenvalue weighted by Crippen LogP contribution is 2.34. The van der Waals surface area contributed by atoms with Gasteiger partial charge in [-0.15, -0.1) is 0 Å². The molecule has 2 heterocycles. The summed E-state index contributed by atoms with van der Waals surface area (Å²) in [5.74, 6) is 0.492. The Morgan fingerprint density at radius 2 is 1.90 bits per heavy atom. The van der Waals surface area contributed by atoms with E-state index in [-0.39, 0.29) is 18.2 Å². The molecule has 1 atom stereocenters. The van der Waals surface area contributed by atoms with Gasteiger partial charge in [0.2, 0.25) is 0 Å². The third-order valence-electron chi connectivity index (χ3n) is 4.91. The normalized spacial score (nSPS) is 22.9. The van der Waals surface area contributed by atoms with Gasteiger partial charge in [0.25, 0.3) is 0 Å². The van der Waals surface area contributed by atoms with Crippen LogP contribution >= 0.6 is 11.6 Å². The number of urea groups is 1. The number of amidine groups is 1. The van der Waals surface area contributed by atoms with E-state index in [0.29, 0.717) is 47.5 Å². The predicted molar refractivity (Wildman–Crippen MR) is 118 cm³/mol. The minimum atomic E-state index is -0.577. The summed E-state index contributed by atoms with van der Waals surface area (Å²) in [6, 6.07) is 6.49. The first-order valence-electron chi connectivity index (χ1n) is 9.84. The summed E-state index contributed by atoms with van der Waals surface area (Å²) < 4.78 is 5.47. The number of benzene rings is 1. The molecule has 30 heavy (non-hydrogen) atoms. The van der Waals surface area contributed by atoms with Crippen molar-refractivity contribution in [2.24, 2.45) is 10.7 Å². The van der Waals surface area contributed by atoms with E-state index in [2.05, 4.69) is 4.99 Å². The van der Waals surface area contributed by atoms with Crippen molar-refractivity contribution in [3.63, 3.8) is 0 Å². The Kier molecular flexibility index (Phi) is 5.99. The van der Waals surface area contributed by atoms with Gasteiger partial charge in [0.1, 0.15) is 11.3 Å². The number of carbonyl (C=O) groups is 2. The van der Waals surface area contributed by atoms with E-state index in [1.54, 1.807) is 52.9 Å². The number of allylic oxidation sites excluding steroid dienone is 1. The van der Waals surface area contributed by atoms with Crippen molar-refractivity contribution in [2.75, 3.05) is 25.0 Å². The molecule has 0 bridgehead atoms. The number of nitrogens with two attached hydrogens (primary N) is 1. The van der Waals surface area contributed by atoms with Crippen molar-refractivity contribution in [3.8, 4) is 0 Å². The molecule has 2 fully saturated rings. The number of carbonyl (C=O) groups excluding carboxylic acids is 2. The number of hydrogen-bond acceptors (Lipinski definition) is 5. The maximum atomic E-state index is 13.5. The maximum Gasteiger partial charge on any atom is 0.410 e. The first kappa shape index (κ1) is 22.0. The van der Waals surface area contributed by atoms with Crippen molar-refractivity contribution in [3.05, 3.63) is 40.7 Å². The van der Waals surface area contributed by atoms with Crippen LogP contribution in [0.4, 0.5) is 15.3 Å². The molecule has 1 aromatic carbocycles. The zero-order valence-electron chi connectivity index (χ0n) is 18.0. The second kappa shape index (κ2) is 8.18. The van der Waals surface area contributed by atoms with Gasteiger partial charge in [-0.2, -0.15) is 0 Å². The largest absolute Gasteiger partial charge is 0.444 e. The molecule has 2 aliphatic heterocycles. The second-order valence-electron chi connectivity index (χ2n) is 8.41. The number of likely N-dealkylation sites (tertiary alicyclic amines) is 1. The fraction of sp³-hybridized carbons (Fsp3) is 0.476. The lowest BCUT2D eigenvalue weighted by Gasteiger charge is -2.26. The zero-order chi connectivity index (χ0) is 22.2. The van der Waals surface area contributed by atoms with Gasteiger partial charge in [-0.1, -0.05) is 11.6 Å². The third-order valence-corrected chi connectivity index (χ3v) is 5.16. The first-order valence-corrected chi connectivity index (χ1v) is 10.2. The van der Waals surface area contributed by atoms with Crippen molar-refractivity contribution >= 4 is 35.2 Å². The van der Waals surface area contributed by atoms with E-state index in [1.807, 2.05) is 20.8 Å². The molecule has 0 spiro atoms. The summed E-state index contributed by atoms with van der Waals surface area (Å²) in [5, 5.41) is 0.574. The molecule has 8 nitrogen and oxygen atoms in total. The number of ether oxygens (including phenoxy) is 1. The van der Waals surface area contributed by atoms with Gasteiger partial charge in [-0.3, -0.25) is 14.8 Å². The molecule has 0 aromatic heterocycles. The lowest BCUT2D eigenvalue weighted by molar-refractivity contribution is 0.0287. The third kappa shape index (κ3) is 4.23. The average molecular weight is 434 g/mol. The highest BCUT2D eigenvalue weighted by Gasteiger charge is 2.46. The lowest BCUT2D eigenvalue weighted by Crippen LogP contribution is -2.44. The average Bonchev–Trinajstić information content (AvgIpc) is 3.23. The van der Waals surface area contributed by atoms with Crippen LogP contribution in [-0.4, -0.2) is 59.5 Å². The van der Waals surface area contributed by atoms with Crippen molar-refractivity contribution in [1.82, 2.24) is 9.80 Å². The van der Waals surface area contributed by atoms with Gasteiger partial charge < -0.3 is 15.4 Å². The summed E-state index contributed by atoms with van der Waals surface area (Å²) in [4.78, 5) is 35.1. The molecule has 2 saturated heterocycles. The van der Waals surface area contributed by atoms with E-state index in [1.165, 1.54) is 0 Å². The SMILES string of the molecule is C/N=C1\C(=C(/C)N)N(c2ccc(Cl)cc2)C(=O)N1[C@@H]1CCN(C(=O)OC(C)(C)C)C1. The number of anilines is 1. The number of amides is 3. The van der Waals surface area contributed by atoms with E-state index < -0.39 is 5.60 Å². The first-order chi connectivity index (χ1) is 14.0. The van der Waals surface area contributed by atoms with Crippen molar-refractivity contribution in [2.45, 2.75) is 45.8 Å². The van der Waals surface area contributed by atoms with Crippen LogP contribution in [0.5, 0.6) is 0 Å². The monoisotopic (exact) mass is 433 g/mol. The van der Waals surface area contributed by atoms with Crippen LogP contribution in [0.1, 0.15) is 34.1 Å². The Balaban J connectivity index is 1.90. The van der Waals surface area contributed by atoms with Gasteiger partial charge in [0.05, 0.1) is 11.7 Å². The number of aliphatic imine (C=N–C) groups is 1. The second-order valence-corrected chi connectivity index (χ2v) is 8.85. The summed E-state index contributed by atoms with van der Waals surface area (Å²) in [5.41, 5.74) is 7.25. The van der Waals surface area contributed by atoms with Crippen LogP contribution < -0.4 is 10.6 Å². The molecule has 162 valence electrons. The van der Waals surface area contributed by atoms with E-state index in [9.17, 15) is 9.59 Å². The minimum absolute atomic E-state index is 0.227. The Morgan fingerprint density at radius 1 is 1.27 bits per heavy atom. The molecule has 0 unspecified atom stereocenters. The minimum Gasteiger partial charge on any atom is -0.444 e. The van der Waals surface area contributed by atoms with Gasteiger partial charge >= 0.3 is 12.1 Å². The number of hydrogen-bond donors (Lipinski definition) is 1. The summed E-state index contributed by atoms with van der Waals surface area (Å²) >= 11 is 6.01. The molecule has 2 aliphatic rings. The molecule has 3 rings (SSSR count). The summed E-state index contributed by atoms with van der Waals surface area (Å²) in [6.07, 6.45) is 0.238. The molecule has 0 aliphatic carbocycles. The van der Waals surface area contributed by atoms with E-state index in [0.717, 1.165) is 0 Å². The highest BCUT2D eigenvalue weighted by molar-refractivity contribution is 6.30. The van der Waals surface area contributed by atoms with Gasteiger partial charge in [-0.05, 0) is 58.4 Å². The van der Waals surface area contributed by atoms with Crippen LogP contribution in [0.25, 0.3) is 0 Å². The Hall–Kier alpha value is -2.74. The summed E-state index contributed by atoms with van der Waals surface area (Å²) in [6.45, 7) is 8.09. The van der Waals surface area contributed by atoms with Crippen molar-refractivity contribution in [1.29, 1.82) is 0 Å². The standard InChI is InChI=1S/C21H28ClN5O3/c1-13(23)17-18(24-5)27(19(28)26(17)15-8-6-14(22)7-9-15)16-10-11-25(12-16)20(29)30-21(2,3)4/h6-9,16H,10-12,23H2,1-5H3/b17-13-,24-18+/t16-/m1/s1. The Bertz CT molecular complexity index is 900. The summed E-state index contributed by atoms with van der Waals surface area (Å²) in [7, 11) is 1.63. The fourth-order valence-electron chi connectivity index (χ4n) is 3.68. The van der Waals surface area contributed by atoms with Crippen LogP contribution in [-0.2, 0) is 4.74 Å². The number of nitrogens with zero attached hydrogens (tertiary/aromatic N) is 4. The highest BCUT2D eigenvalue weighted by atomic mass is 35.5. The van der Waals surface area contributed by atoms with E-state index >= 15 is 0 Å². The van der Waals surface area contributed by atoms with Crippen molar-refractivity contribution < 1.29 is 14.3 Å². The smallest absolute Gasteiger partial charge is 0.410 e.